The van der Waals surface area contributed by atoms with E-state index >= 15 is 0 Å². The van der Waals surface area contributed by atoms with Crippen LogP contribution in [0.15, 0.2) is 23.6 Å². The summed E-state index contributed by atoms with van der Waals surface area (Å²) in [6.45, 7) is 8.07. The molecular weight excluding hydrogens is 356 g/mol. The Balaban J connectivity index is 2.04. The van der Waals surface area contributed by atoms with Crippen LogP contribution in [0.1, 0.15) is 33.3 Å². The van der Waals surface area contributed by atoms with E-state index in [-0.39, 0.29) is 5.91 Å². The molecule has 0 bridgehead atoms. The van der Waals surface area contributed by atoms with E-state index in [1.54, 1.807) is 37.2 Å². The molecule has 0 aliphatic carbocycles. The minimum Gasteiger partial charge on any atom is -0.467 e. The maximum atomic E-state index is 11.4. The van der Waals surface area contributed by atoms with E-state index in [4.69, 9.17) is 21.9 Å². The fraction of sp³-hybridized carbons (Fsp3) is 0.471. The summed E-state index contributed by atoms with van der Waals surface area (Å²) in [5.74, 6) is 0.430. The summed E-state index contributed by atoms with van der Waals surface area (Å²) in [5.41, 5.74) is 8.26. The molecule has 3 rings (SSSR count). The summed E-state index contributed by atoms with van der Waals surface area (Å²) in [7, 11) is 0. The molecule has 8 nitrogen and oxygen atoms in total. The van der Waals surface area contributed by atoms with Crippen LogP contribution in [0.5, 0.6) is 5.88 Å². The number of ether oxygens (including phenoxy) is 1. The van der Waals surface area contributed by atoms with Gasteiger partial charge in [0.15, 0.2) is 0 Å². The minimum atomic E-state index is -0.811. The summed E-state index contributed by atoms with van der Waals surface area (Å²) < 4.78 is 6.11. The van der Waals surface area contributed by atoms with Gasteiger partial charge in [0.1, 0.15) is 10.8 Å². The highest BCUT2D eigenvalue weighted by atomic mass is 35.5. The van der Waals surface area contributed by atoms with Crippen LogP contribution in [-0.2, 0) is 10.3 Å². The number of fused-ring (bicyclic) bond motifs is 1. The molecule has 0 atom stereocenters. The average Bonchev–Trinajstić information content (AvgIpc) is 2.51. The zero-order valence-electron chi connectivity index (χ0n) is 15.0. The molecule has 136 valence electrons. The van der Waals surface area contributed by atoms with Crippen LogP contribution >= 0.6 is 11.6 Å². The van der Waals surface area contributed by atoms with Crippen LogP contribution in [0.4, 0.5) is 0 Å². The predicted octanol–water partition coefficient (Wildman–Crippen LogP) is 3.83. The zero-order chi connectivity index (χ0) is 19.1. The van der Waals surface area contributed by atoms with Gasteiger partial charge in [0.05, 0.1) is 24.0 Å². The van der Waals surface area contributed by atoms with E-state index in [0.717, 1.165) is 10.9 Å². The Hall–Kier alpha value is -2.57. The molecular formula is C17H19ClN6O2. The lowest BCUT2D eigenvalue weighted by atomic mass is 9.92. The number of aromatic nitrogens is 2. The molecule has 0 N–H and O–H groups in total. The van der Waals surface area contributed by atoms with Crippen LogP contribution in [0.25, 0.3) is 21.2 Å². The number of carbonyl (C=O) groups excluding carboxylic acids is 1. The van der Waals surface area contributed by atoms with E-state index < -0.39 is 11.1 Å². The van der Waals surface area contributed by atoms with E-state index in [9.17, 15) is 4.79 Å². The number of nitrogens with zero attached hydrogens (tertiary/aromatic N) is 6. The lowest BCUT2D eigenvalue weighted by molar-refractivity contribution is -0.146. The first-order valence-corrected chi connectivity index (χ1v) is 8.48. The number of azide groups is 1. The van der Waals surface area contributed by atoms with Crippen molar-refractivity contribution in [2.45, 2.75) is 38.8 Å². The monoisotopic (exact) mass is 374 g/mol. The smallest absolute Gasteiger partial charge is 0.223 e. The van der Waals surface area contributed by atoms with Crippen molar-refractivity contribution in [2.24, 2.45) is 5.11 Å². The number of hydrogen-bond acceptors (Lipinski definition) is 5. The van der Waals surface area contributed by atoms with Crippen molar-refractivity contribution in [3.05, 3.63) is 39.6 Å². The number of carbonyl (C=O) groups is 1. The van der Waals surface area contributed by atoms with E-state index in [1.807, 2.05) is 6.92 Å². The molecule has 2 aromatic heterocycles. The Morgan fingerprint density at radius 3 is 2.69 bits per heavy atom. The topological polar surface area (TPSA) is 104 Å². The summed E-state index contributed by atoms with van der Waals surface area (Å²) in [6.07, 6.45) is 3.23. The first-order valence-electron chi connectivity index (χ1n) is 8.11. The molecule has 1 aliphatic heterocycles. The van der Waals surface area contributed by atoms with E-state index in [1.165, 1.54) is 6.92 Å². The van der Waals surface area contributed by atoms with Gasteiger partial charge in [0.25, 0.3) is 0 Å². The van der Waals surface area contributed by atoms with E-state index in [2.05, 4.69) is 20.0 Å². The fourth-order valence-corrected chi connectivity index (χ4v) is 3.26. The number of hydrogen-bond donors (Lipinski definition) is 0. The summed E-state index contributed by atoms with van der Waals surface area (Å²) in [5, 5.41) is 5.62. The molecule has 0 aromatic carbocycles. The average molecular weight is 375 g/mol. The number of rotatable bonds is 4. The number of amides is 1. The van der Waals surface area contributed by atoms with Crippen LogP contribution in [0, 0.1) is 0 Å². The lowest BCUT2D eigenvalue weighted by Gasteiger charge is -2.46. The molecule has 1 aliphatic rings. The first-order chi connectivity index (χ1) is 12.1. The quantitative estimate of drug-likeness (QED) is 0.351. The molecule has 0 spiro atoms. The largest absolute Gasteiger partial charge is 0.467 e. The standard InChI is InChI=1S/C17H19ClN6O2/c1-10(25)24-8-17(4,9-24)26-15-12-6-20-14(18)5-11(12)13(7-21-15)16(2,3)22-23-19/h5-7H,8-9H2,1-4H3. The second kappa shape index (κ2) is 6.30. The molecule has 9 heteroatoms. The highest BCUT2D eigenvalue weighted by molar-refractivity contribution is 6.30. The zero-order valence-corrected chi connectivity index (χ0v) is 15.8. The van der Waals surface area contributed by atoms with Gasteiger partial charge >= 0.3 is 0 Å². The Morgan fingerprint density at radius 2 is 2.08 bits per heavy atom. The van der Waals surface area contributed by atoms with Gasteiger partial charge in [-0.3, -0.25) is 4.79 Å². The highest BCUT2D eigenvalue weighted by Crippen LogP contribution is 2.37. The van der Waals surface area contributed by atoms with Crippen LogP contribution in [-0.4, -0.2) is 39.5 Å². The normalized spacial score (nSPS) is 16.0. The van der Waals surface area contributed by atoms with Crippen molar-refractivity contribution in [3.63, 3.8) is 0 Å². The van der Waals surface area contributed by atoms with Gasteiger partial charge in [-0.1, -0.05) is 30.6 Å². The van der Waals surface area contributed by atoms with Crippen LogP contribution < -0.4 is 4.74 Å². The molecule has 2 aromatic rings. The van der Waals surface area contributed by atoms with E-state index in [0.29, 0.717) is 29.5 Å². The van der Waals surface area contributed by atoms with Crippen LogP contribution in [0.3, 0.4) is 0 Å². The van der Waals surface area contributed by atoms with Crippen molar-refractivity contribution in [3.8, 4) is 5.88 Å². The molecule has 1 saturated heterocycles. The SMILES string of the molecule is CC(=O)N1CC(C)(Oc2ncc(C(C)(C)N=[N+]=[N-])c3cc(Cl)ncc23)C1. The highest BCUT2D eigenvalue weighted by Gasteiger charge is 2.43. The van der Waals surface area contributed by atoms with Gasteiger partial charge in [0.2, 0.25) is 11.8 Å². The maximum Gasteiger partial charge on any atom is 0.223 e. The second-order valence-corrected chi connectivity index (χ2v) is 7.59. The third-order valence-corrected chi connectivity index (χ3v) is 4.70. The minimum absolute atomic E-state index is 0.0174. The van der Waals surface area contributed by atoms with Gasteiger partial charge in [-0.2, -0.15) is 0 Å². The molecule has 0 unspecified atom stereocenters. The molecule has 1 amide bonds. The molecule has 26 heavy (non-hydrogen) atoms. The van der Waals surface area contributed by atoms with Gasteiger partial charge in [-0.05, 0) is 29.5 Å². The Labute approximate surface area is 155 Å². The Bertz CT molecular complexity index is 932. The van der Waals surface area contributed by atoms with Gasteiger partial charge < -0.3 is 9.64 Å². The summed E-state index contributed by atoms with van der Waals surface area (Å²) in [4.78, 5) is 24.6. The Kier molecular flexibility index (Phi) is 4.42. The third-order valence-electron chi connectivity index (χ3n) is 4.49. The lowest BCUT2D eigenvalue weighted by Crippen LogP contribution is -2.64. The van der Waals surface area contributed by atoms with Crippen molar-refractivity contribution in [2.75, 3.05) is 13.1 Å². The molecule has 0 saturated carbocycles. The van der Waals surface area contributed by atoms with Crippen molar-refractivity contribution >= 4 is 28.3 Å². The summed E-state index contributed by atoms with van der Waals surface area (Å²) >= 11 is 6.08. The fourth-order valence-electron chi connectivity index (χ4n) is 3.10. The first kappa shape index (κ1) is 18.2. The number of likely N-dealkylation sites (tertiary alicyclic amines) is 1. The van der Waals surface area contributed by atoms with Gasteiger partial charge in [0, 0.05) is 24.2 Å². The number of halogens is 1. The number of pyridine rings is 2. The van der Waals surface area contributed by atoms with Crippen molar-refractivity contribution < 1.29 is 9.53 Å². The summed E-state index contributed by atoms with van der Waals surface area (Å²) in [6, 6.07) is 1.71. The molecule has 1 fully saturated rings. The molecule has 3 heterocycles. The maximum absolute atomic E-state index is 11.4. The van der Waals surface area contributed by atoms with Crippen LogP contribution in [0.2, 0.25) is 5.15 Å². The van der Waals surface area contributed by atoms with Gasteiger partial charge in [-0.15, -0.1) is 0 Å². The molecule has 0 radical (unpaired) electrons. The van der Waals surface area contributed by atoms with Crippen molar-refractivity contribution in [1.82, 2.24) is 14.9 Å². The third kappa shape index (κ3) is 3.25. The predicted molar refractivity (Wildman–Crippen MR) is 98.0 cm³/mol. The van der Waals surface area contributed by atoms with Crippen molar-refractivity contribution in [1.29, 1.82) is 0 Å². The second-order valence-electron chi connectivity index (χ2n) is 7.21. The van der Waals surface area contributed by atoms with Gasteiger partial charge in [-0.25, -0.2) is 9.97 Å². The Morgan fingerprint density at radius 1 is 1.38 bits per heavy atom.